The van der Waals surface area contributed by atoms with E-state index in [0.29, 0.717) is 5.75 Å². The van der Waals surface area contributed by atoms with Gasteiger partial charge in [-0.3, -0.25) is 0 Å². The molecule has 0 atom stereocenters. The molecule has 0 amide bonds. The van der Waals surface area contributed by atoms with Gasteiger partial charge in [0.2, 0.25) is 0 Å². The van der Waals surface area contributed by atoms with Crippen LogP contribution in [0.25, 0.3) is 10.9 Å². The third-order valence-corrected chi connectivity index (χ3v) is 2.19. The molecular formula is C10H11NO2. The molecule has 0 aliphatic heterocycles. The molecule has 0 unspecified atom stereocenters. The van der Waals surface area contributed by atoms with Crippen molar-refractivity contribution in [3.63, 3.8) is 0 Å². The topological polar surface area (TPSA) is 34.4 Å². The summed E-state index contributed by atoms with van der Waals surface area (Å²) in [6, 6.07) is 5.51. The molecule has 0 saturated heterocycles. The zero-order chi connectivity index (χ0) is 9.42. The lowest BCUT2D eigenvalue weighted by Crippen LogP contribution is -1.86. The first-order valence-electron chi connectivity index (χ1n) is 4.04. The molecule has 0 aliphatic rings. The predicted molar refractivity (Wildman–Crippen MR) is 51.1 cm³/mol. The summed E-state index contributed by atoms with van der Waals surface area (Å²) in [7, 11) is 3.48. The number of benzene rings is 1. The SMILES string of the molecule is COc1cc2ccn(C)c2cc1O. The van der Waals surface area contributed by atoms with Crippen LogP contribution in [0.5, 0.6) is 11.5 Å². The lowest BCUT2D eigenvalue weighted by molar-refractivity contribution is 0.374. The Labute approximate surface area is 76.2 Å². The molecule has 0 aliphatic carbocycles. The third kappa shape index (κ3) is 1.13. The van der Waals surface area contributed by atoms with Crippen molar-refractivity contribution in [2.75, 3.05) is 7.11 Å². The average molecular weight is 177 g/mol. The Morgan fingerprint density at radius 3 is 2.85 bits per heavy atom. The second-order valence-electron chi connectivity index (χ2n) is 3.01. The van der Waals surface area contributed by atoms with Crippen LogP contribution in [0.1, 0.15) is 0 Å². The van der Waals surface area contributed by atoms with Crippen LogP contribution < -0.4 is 4.74 Å². The Bertz CT molecular complexity index is 445. The number of ether oxygens (including phenoxy) is 1. The van der Waals surface area contributed by atoms with Gasteiger partial charge in [0.25, 0.3) is 0 Å². The van der Waals surface area contributed by atoms with E-state index in [2.05, 4.69) is 0 Å². The first-order valence-corrected chi connectivity index (χ1v) is 4.04. The maximum Gasteiger partial charge on any atom is 0.161 e. The summed E-state index contributed by atoms with van der Waals surface area (Å²) in [5, 5.41) is 10.6. The van der Waals surface area contributed by atoms with Crippen molar-refractivity contribution in [3.8, 4) is 11.5 Å². The van der Waals surface area contributed by atoms with Gasteiger partial charge in [-0.1, -0.05) is 0 Å². The average Bonchev–Trinajstić information content (AvgIpc) is 2.47. The highest BCUT2D eigenvalue weighted by Crippen LogP contribution is 2.31. The molecule has 2 rings (SSSR count). The molecule has 2 aromatic rings. The fraction of sp³-hybridized carbons (Fsp3) is 0.200. The monoisotopic (exact) mass is 177 g/mol. The van der Waals surface area contributed by atoms with Crippen LogP contribution in [0.2, 0.25) is 0 Å². The summed E-state index contributed by atoms with van der Waals surface area (Å²) in [6.07, 6.45) is 1.95. The molecule has 0 spiro atoms. The van der Waals surface area contributed by atoms with Gasteiger partial charge in [0, 0.05) is 24.7 Å². The van der Waals surface area contributed by atoms with Gasteiger partial charge in [0.05, 0.1) is 12.6 Å². The van der Waals surface area contributed by atoms with Crippen molar-refractivity contribution in [3.05, 3.63) is 24.4 Å². The molecule has 1 heterocycles. The van der Waals surface area contributed by atoms with Crippen LogP contribution >= 0.6 is 0 Å². The van der Waals surface area contributed by atoms with E-state index >= 15 is 0 Å². The third-order valence-electron chi connectivity index (χ3n) is 2.19. The Morgan fingerprint density at radius 1 is 1.38 bits per heavy atom. The van der Waals surface area contributed by atoms with E-state index in [1.165, 1.54) is 0 Å². The lowest BCUT2D eigenvalue weighted by atomic mass is 10.2. The highest BCUT2D eigenvalue weighted by atomic mass is 16.5. The first kappa shape index (κ1) is 7.98. The number of aromatic nitrogens is 1. The van der Waals surface area contributed by atoms with Gasteiger partial charge in [0.15, 0.2) is 11.5 Å². The van der Waals surface area contributed by atoms with Gasteiger partial charge >= 0.3 is 0 Å². The van der Waals surface area contributed by atoms with E-state index in [-0.39, 0.29) is 5.75 Å². The maximum atomic E-state index is 9.51. The molecular weight excluding hydrogens is 166 g/mol. The van der Waals surface area contributed by atoms with Crippen molar-refractivity contribution < 1.29 is 9.84 Å². The molecule has 3 nitrogen and oxygen atoms in total. The molecule has 3 heteroatoms. The van der Waals surface area contributed by atoms with Gasteiger partial charge in [0.1, 0.15) is 0 Å². The zero-order valence-corrected chi connectivity index (χ0v) is 7.61. The highest BCUT2D eigenvalue weighted by molar-refractivity contribution is 5.83. The van der Waals surface area contributed by atoms with Crippen LogP contribution in [0, 0.1) is 0 Å². The van der Waals surface area contributed by atoms with E-state index in [1.807, 2.05) is 29.9 Å². The minimum atomic E-state index is 0.178. The van der Waals surface area contributed by atoms with Gasteiger partial charge in [-0.15, -0.1) is 0 Å². The maximum absolute atomic E-state index is 9.51. The number of aromatic hydroxyl groups is 1. The minimum absolute atomic E-state index is 0.178. The summed E-state index contributed by atoms with van der Waals surface area (Å²) in [5.74, 6) is 0.690. The number of fused-ring (bicyclic) bond motifs is 1. The summed E-state index contributed by atoms with van der Waals surface area (Å²) in [5.41, 5.74) is 0.998. The standard InChI is InChI=1S/C10H11NO2/c1-11-4-3-7-5-10(13-2)9(12)6-8(7)11/h3-6,12H,1-2H3. The molecule has 1 aromatic heterocycles. The Morgan fingerprint density at radius 2 is 2.15 bits per heavy atom. The Balaban J connectivity index is 2.76. The van der Waals surface area contributed by atoms with E-state index in [9.17, 15) is 5.11 Å². The van der Waals surface area contributed by atoms with E-state index in [1.54, 1.807) is 13.2 Å². The smallest absolute Gasteiger partial charge is 0.161 e. The zero-order valence-electron chi connectivity index (χ0n) is 7.61. The fourth-order valence-electron chi connectivity index (χ4n) is 1.45. The molecule has 1 N–H and O–H groups in total. The van der Waals surface area contributed by atoms with Crippen LogP contribution in [0.4, 0.5) is 0 Å². The van der Waals surface area contributed by atoms with Gasteiger partial charge in [-0.2, -0.15) is 0 Å². The van der Waals surface area contributed by atoms with Crippen molar-refractivity contribution in [1.29, 1.82) is 0 Å². The van der Waals surface area contributed by atoms with Gasteiger partial charge in [-0.25, -0.2) is 0 Å². The molecule has 13 heavy (non-hydrogen) atoms. The quantitative estimate of drug-likeness (QED) is 0.721. The Kier molecular flexibility index (Phi) is 1.65. The van der Waals surface area contributed by atoms with E-state index in [4.69, 9.17) is 4.74 Å². The van der Waals surface area contributed by atoms with Gasteiger partial charge < -0.3 is 14.4 Å². The van der Waals surface area contributed by atoms with Crippen molar-refractivity contribution in [1.82, 2.24) is 4.57 Å². The van der Waals surface area contributed by atoms with Gasteiger partial charge in [-0.05, 0) is 12.1 Å². The van der Waals surface area contributed by atoms with Crippen molar-refractivity contribution in [2.45, 2.75) is 0 Å². The number of phenols is 1. The predicted octanol–water partition coefficient (Wildman–Crippen LogP) is 1.89. The molecule has 0 saturated carbocycles. The number of aryl methyl sites for hydroxylation is 1. The number of phenolic OH excluding ortho intramolecular Hbond substituents is 1. The van der Waals surface area contributed by atoms with E-state index in [0.717, 1.165) is 10.9 Å². The first-order chi connectivity index (χ1) is 6.22. The van der Waals surface area contributed by atoms with E-state index < -0.39 is 0 Å². The number of rotatable bonds is 1. The number of hydrogen-bond donors (Lipinski definition) is 1. The molecule has 0 bridgehead atoms. The normalized spacial score (nSPS) is 10.6. The van der Waals surface area contributed by atoms with Crippen molar-refractivity contribution in [2.24, 2.45) is 7.05 Å². The number of nitrogens with zero attached hydrogens (tertiary/aromatic N) is 1. The number of methoxy groups -OCH3 is 1. The molecule has 1 aromatic carbocycles. The lowest BCUT2D eigenvalue weighted by Gasteiger charge is -2.03. The summed E-state index contributed by atoms with van der Waals surface area (Å²) >= 11 is 0. The largest absolute Gasteiger partial charge is 0.504 e. The van der Waals surface area contributed by atoms with Crippen molar-refractivity contribution >= 4 is 10.9 Å². The second kappa shape index (κ2) is 2.69. The summed E-state index contributed by atoms with van der Waals surface area (Å²) < 4.78 is 6.96. The molecule has 0 fully saturated rings. The Hall–Kier alpha value is -1.64. The second-order valence-corrected chi connectivity index (χ2v) is 3.01. The van der Waals surface area contributed by atoms with Crippen LogP contribution in [-0.4, -0.2) is 16.8 Å². The molecule has 68 valence electrons. The highest BCUT2D eigenvalue weighted by Gasteiger charge is 2.05. The molecule has 0 radical (unpaired) electrons. The van der Waals surface area contributed by atoms with Crippen LogP contribution in [0.3, 0.4) is 0 Å². The van der Waals surface area contributed by atoms with Crippen LogP contribution in [-0.2, 0) is 7.05 Å². The minimum Gasteiger partial charge on any atom is -0.504 e. The summed E-state index contributed by atoms with van der Waals surface area (Å²) in [4.78, 5) is 0. The number of hydrogen-bond acceptors (Lipinski definition) is 2. The fourth-order valence-corrected chi connectivity index (χ4v) is 1.45. The van der Waals surface area contributed by atoms with Crippen LogP contribution in [0.15, 0.2) is 24.4 Å². The summed E-state index contributed by atoms with van der Waals surface area (Å²) in [6.45, 7) is 0.